The fourth-order valence-electron chi connectivity index (χ4n) is 1.04. The number of rotatable bonds is 4. The molecule has 0 aliphatic carbocycles. The predicted molar refractivity (Wildman–Crippen MR) is 57.9 cm³/mol. The number of carbonyl (C=O) groups is 2. The van der Waals surface area contributed by atoms with E-state index < -0.39 is 24.3 Å². The van der Waals surface area contributed by atoms with Crippen LogP contribution in [0.5, 0.6) is 0 Å². The highest BCUT2D eigenvalue weighted by atomic mass is 35.5. The van der Waals surface area contributed by atoms with Crippen molar-refractivity contribution in [3.63, 3.8) is 0 Å². The van der Waals surface area contributed by atoms with Gasteiger partial charge in [-0.25, -0.2) is 9.18 Å². The molecule has 6 heteroatoms. The molecule has 0 aromatic heterocycles. The first-order valence-corrected chi connectivity index (χ1v) is 5.02. The molecule has 0 aliphatic rings. The van der Waals surface area contributed by atoms with Crippen molar-refractivity contribution in [2.24, 2.45) is 0 Å². The maximum absolute atomic E-state index is 12.8. The Kier molecular flexibility index (Phi) is 4.26. The second-order valence-electron chi connectivity index (χ2n) is 3.06. The molecule has 0 aliphatic heterocycles. The number of aliphatic carboxylic acids is 1. The number of Topliss-reactive ketones (excluding diaryl/α,β-unsaturated/α-hetero) is 1. The van der Waals surface area contributed by atoms with Crippen LogP contribution in [0.15, 0.2) is 18.2 Å². The zero-order valence-electron chi connectivity index (χ0n) is 7.91. The fourth-order valence-corrected chi connectivity index (χ4v) is 1.34. The van der Waals surface area contributed by atoms with Crippen molar-refractivity contribution in [2.45, 2.75) is 12.6 Å². The summed E-state index contributed by atoms with van der Waals surface area (Å²) in [5.74, 6) is -2.29. The first-order valence-electron chi connectivity index (χ1n) is 4.27. The summed E-state index contributed by atoms with van der Waals surface area (Å²) < 4.78 is 12.8. The largest absolute Gasteiger partial charge is 0.479 e. The average molecular weight is 265 g/mol. The van der Waals surface area contributed by atoms with Gasteiger partial charge in [-0.3, -0.25) is 4.79 Å². The zero-order chi connectivity index (χ0) is 12.3. The Morgan fingerprint density at radius 2 is 1.94 bits per heavy atom. The Hall–Kier alpha value is -1.13. The van der Waals surface area contributed by atoms with Gasteiger partial charge in [0.1, 0.15) is 0 Å². The lowest BCUT2D eigenvalue weighted by Gasteiger charge is -2.03. The van der Waals surface area contributed by atoms with Crippen molar-refractivity contribution in [1.82, 2.24) is 0 Å². The molecule has 1 aromatic rings. The summed E-state index contributed by atoms with van der Waals surface area (Å²) in [7, 11) is 0. The van der Waals surface area contributed by atoms with Gasteiger partial charge in [-0.2, -0.15) is 0 Å². The molecule has 0 fully saturated rings. The highest BCUT2D eigenvalue weighted by Crippen LogP contribution is 2.23. The highest BCUT2D eigenvalue weighted by molar-refractivity contribution is 6.42. The van der Waals surface area contributed by atoms with Crippen LogP contribution >= 0.6 is 23.2 Å². The second-order valence-corrected chi connectivity index (χ2v) is 3.88. The smallest absolute Gasteiger partial charge is 0.338 e. The summed E-state index contributed by atoms with van der Waals surface area (Å²) >= 11 is 11.3. The van der Waals surface area contributed by atoms with Gasteiger partial charge in [0.2, 0.25) is 6.17 Å². The molecule has 1 aromatic carbocycles. The minimum absolute atomic E-state index is 0.137. The van der Waals surface area contributed by atoms with Crippen LogP contribution in [-0.4, -0.2) is 23.0 Å². The Morgan fingerprint density at radius 1 is 1.31 bits per heavy atom. The van der Waals surface area contributed by atoms with Crippen LogP contribution in [0.4, 0.5) is 4.39 Å². The van der Waals surface area contributed by atoms with Crippen molar-refractivity contribution >= 4 is 35.0 Å². The van der Waals surface area contributed by atoms with Gasteiger partial charge in [-0.15, -0.1) is 0 Å². The number of halogens is 3. The van der Waals surface area contributed by atoms with Crippen molar-refractivity contribution < 1.29 is 19.1 Å². The van der Waals surface area contributed by atoms with Crippen LogP contribution in [0.1, 0.15) is 16.8 Å². The Bertz CT molecular complexity index is 434. The lowest BCUT2D eigenvalue weighted by atomic mass is 10.1. The van der Waals surface area contributed by atoms with E-state index >= 15 is 0 Å². The number of alkyl halides is 1. The molecule has 0 bridgehead atoms. The van der Waals surface area contributed by atoms with E-state index in [0.29, 0.717) is 0 Å². The number of carbonyl (C=O) groups excluding carboxylic acids is 1. The van der Waals surface area contributed by atoms with Crippen LogP contribution in [0.2, 0.25) is 10.0 Å². The molecular formula is C10H7Cl2FO3. The van der Waals surface area contributed by atoms with Gasteiger partial charge in [0.05, 0.1) is 16.5 Å². The maximum atomic E-state index is 12.8. The number of carboxylic acids is 1. The van der Waals surface area contributed by atoms with E-state index in [-0.39, 0.29) is 15.6 Å². The number of hydrogen-bond donors (Lipinski definition) is 1. The van der Waals surface area contributed by atoms with Gasteiger partial charge in [0.15, 0.2) is 5.78 Å². The summed E-state index contributed by atoms with van der Waals surface area (Å²) in [6.07, 6.45) is -2.92. The lowest BCUT2D eigenvalue weighted by molar-refractivity contribution is -0.142. The first kappa shape index (κ1) is 12.9. The molecule has 1 N–H and O–H groups in total. The molecule has 86 valence electrons. The van der Waals surface area contributed by atoms with Gasteiger partial charge in [-0.05, 0) is 18.2 Å². The monoisotopic (exact) mass is 264 g/mol. The molecule has 0 unspecified atom stereocenters. The number of benzene rings is 1. The van der Waals surface area contributed by atoms with Crippen LogP contribution in [0.3, 0.4) is 0 Å². The third-order valence-corrected chi connectivity index (χ3v) is 2.61. The Balaban J connectivity index is 2.81. The van der Waals surface area contributed by atoms with E-state index in [9.17, 15) is 14.0 Å². The van der Waals surface area contributed by atoms with E-state index in [1.807, 2.05) is 0 Å². The zero-order valence-corrected chi connectivity index (χ0v) is 9.43. The molecule has 0 spiro atoms. The van der Waals surface area contributed by atoms with Crippen molar-refractivity contribution in [1.29, 1.82) is 0 Å². The third kappa shape index (κ3) is 3.18. The van der Waals surface area contributed by atoms with Crippen molar-refractivity contribution in [2.75, 3.05) is 0 Å². The molecule has 1 atom stereocenters. The molecule has 0 saturated heterocycles. The van der Waals surface area contributed by atoms with E-state index in [4.69, 9.17) is 28.3 Å². The number of ketones is 1. The standard InChI is InChI=1S/C10H7Cl2FO3/c11-6-2-1-5(3-7(6)12)9(14)4-8(13)10(15)16/h1-3,8H,4H2,(H,15,16)/t8-/m0/s1. The van der Waals surface area contributed by atoms with Gasteiger partial charge >= 0.3 is 5.97 Å². The SMILES string of the molecule is O=C(C[C@H](F)C(=O)O)c1ccc(Cl)c(Cl)c1. The van der Waals surface area contributed by atoms with E-state index in [1.165, 1.54) is 18.2 Å². The highest BCUT2D eigenvalue weighted by Gasteiger charge is 2.21. The molecule has 1 rings (SSSR count). The molecule has 0 heterocycles. The van der Waals surface area contributed by atoms with E-state index in [0.717, 1.165) is 0 Å². The van der Waals surface area contributed by atoms with Crippen LogP contribution in [0.25, 0.3) is 0 Å². The summed E-state index contributed by atoms with van der Waals surface area (Å²) in [6.45, 7) is 0. The summed E-state index contributed by atoms with van der Waals surface area (Å²) in [5.41, 5.74) is 0.137. The maximum Gasteiger partial charge on any atom is 0.338 e. The molecule has 3 nitrogen and oxygen atoms in total. The number of carboxylic acid groups (broad SMARTS) is 1. The quantitative estimate of drug-likeness (QED) is 0.851. The van der Waals surface area contributed by atoms with Gasteiger partial charge < -0.3 is 5.11 Å². The van der Waals surface area contributed by atoms with Crippen LogP contribution < -0.4 is 0 Å². The minimum Gasteiger partial charge on any atom is -0.479 e. The van der Waals surface area contributed by atoms with Gasteiger partial charge in [0.25, 0.3) is 0 Å². The van der Waals surface area contributed by atoms with E-state index in [2.05, 4.69) is 0 Å². The summed E-state index contributed by atoms with van der Waals surface area (Å²) in [4.78, 5) is 21.6. The molecule has 0 saturated carbocycles. The molecule has 0 radical (unpaired) electrons. The summed E-state index contributed by atoms with van der Waals surface area (Å²) in [6, 6.07) is 4.04. The Morgan fingerprint density at radius 3 is 2.44 bits per heavy atom. The minimum atomic E-state index is -2.21. The van der Waals surface area contributed by atoms with E-state index in [1.54, 1.807) is 0 Å². The third-order valence-electron chi connectivity index (χ3n) is 1.87. The van der Waals surface area contributed by atoms with Crippen molar-refractivity contribution in [3.8, 4) is 0 Å². The fraction of sp³-hybridized carbons (Fsp3) is 0.200. The lowest BCUT2D eigenvalue weighted by Crippen LogP contribution is -2.18. The Labute approximate surface area is 101 Å². The topological polar surface area (TPSA) is 54.4 Å². The molecule has 16 heavy (non-hydrogen) atoms. The van der Waals surface area contributed by atoms with Gasteiger partial charge in [0, 0.05) is 5.56 Å². The average Bonchev–Trinajstić information content (AvgIpc) is 2.21. The number of hydrogen-bond acceptors (Lipinski definition) is 2. The van der Waals surface area contributed by atoms with Crippen LogP contribution in [0, 0.1) is 0 Å². The second kappa shape index (κ2) is 5.27. The molecular weight excluding hydrogens is 258 g/mol. The van der Waals surface area contributed by atoms with Gasteiger partial charge in [-0.1, -0.05) is 23.2 Å². The summed E-state index contributed by atoms with van der Waals surface area (Å²) in [5, 5.41) is 8.74. The molecule has 0 amide bonds. The van der Waals surface area contributed by atoms with Crippen molar-refractivity contribution in [3.05, 3.63) is 33.8 Å². The van der Waals surface area contributed by atoms with Crippen LogP contribution in [-0.2, 0) is 4.79 Å². The first-order chi connectivity index (χ1) is 7.41. The normalized spacial score (nSPS) is 12.2. The predicted octanol–water partition coefficient (Wildman–Crippen LogP) is 2.99.